The van der Waals surface area contributed by atoms with Gasteiger partial charge in [0, 0.05) is 13.2 Å². The van der Waals surface area contributed by atoms with E-state index in [1.165, 1.54) is 6.33 Å². The molecule has 0 aromatic carbocycles. The van der Waals surface area contributed by atoms with Crippen LogP contribution < -0.4 is 5.32 Å². The Balaban J connectivity index is 2.03. The Morgan fingerprint density at radius 1 is 1.33 bits per heavy atom. The standard InChI is InChI=1S/C11H13N7/c1-3-7-8(4-18(2)17-7)16-11-9-10(13-5-12-9)14-6-15-11/h4-6H,3H2,1-2H3,(H2,12,13,14,15,16). The minimum absolute atomic E-state index is 0.648. The number of aromatic nitrogens is 6. The summed E-state index contributed by atoms with van der Waals surface area (Å²) >= 11 is 0. The first-order chi connectivity index (χ1) is 8.78. The number of nitrogens with zero attached hydrogens (tertiary/aromatic N) is 5. The van der Waals surface area contributed by atoms with Crippen molar-refractivity contribution in [3.63, 3.8) is 0 Å². The number of anilines is 2. The van der Waals surface area contributed by atoms with Crippen LogP contribution in [0.3, 0.4) is 0 Å². The van der Waals surface area contributed by atoms with Gasteiger partial charge >= 0.3 is 0 Å². The summed E-state index contributed by atoms with van der Waals surface area (Å²) in [7, 11) is 1.90. The smallest absolute Gasteiger partial charge is 0.182 e. The molecule has 7 heteroatoms. The second-order valence-corrected chi connectivity index (χ2v) is 3.97. The van der Waals surface area contributed by atoms with Gasteiger partial charge in [0.15, 0.2) is 11.5 Å². The van der Waals surface area contributed by atoms with Crippen LogP contribution in [0.5, 0.6) is 0 Å². The molecule has 92 valence electrons. The Morgan fingerprint density at radius 3 is 3.06 bits per heavy atom. The lowest BCUT2D eigenvalue weighted by Crippen LogP contribution is -1.97. The summed E-state index contributed by atoms with van der Waals surface area (Å²) in [5, 5.41) is 7.65. The summed E-state index contributed by atoms with van der Waals surface area (Å²) in [6.07, 6.45) is 5.89. The van der Waals surface area contributed by atoms with E-state index in [0.29, 0.717) is 11.5 Å². The Morgan fingerprint density at radius 2 is 2.22 bits per heavy atom. The highest BCUT2D eigenvalue weighted by molar-refractivity contribution is 5.84. The zero-order valence-electron chi connectivity index (χ0n) is 10.2. The van der Waals surface area contributed by atoms with Crippen LogP contribution in [0.2, 0.25) is 0 Å². The lowest BCUT2D eigenvalue weighted by Gasteiger charge is -2.04. The number of imidazole rings is 1. The summed E-state index contributed by atoms with van der Waals surface area (Å²) in [6, 6.07) is 0. The number of H-pyrrole nitrogens is 1. The Labute approximate surface area is 103 Å². The topological polar surface area (TPSA) is 84.3 Å². The lowest BCUT2D eigenvalue weighted by atomic mass is 10.3. The van der Waals surface area contributed by atoms with Crippen LogP contribution in [0.15, 0.2) is 18.9 Å². The van der Waals surface area contributed by atoms with Gasteiger partial charge in [0.1, 0.15) is 11.8 Å². The van der Waals surface area contributed by atoms with E-state index in [9.17, 15) is 0 Å². The monoisotopic (exact) mass is 243 g/mol. The maximum absolute atomic E-state index is 4.38. The zero-order valence-corrected chi connectivity index (χ0v) is 10.2. The molecule has 0 saturated carbocycles. The molecule has 0 saturated heterocycles. The molecule has 0 unspecified atom stereocenters. The van der Waals surface area contributed by atoms with Crippen LogP contribution in [0.25, 0.3) is 11.2 Å². The van der Waals surface area contributed by atoms with Gasteiger partial charge in [-0.1, -0.05) is 6.92 Å². The van der Waals surface area contributed by atoms with Gasteiger partial charge < -0.3 is 10.3 Å². The first-order valence-corrected chi connectivity index (χ1v) is 5.71. The molecule has 0 radical (unpaired) electrons. The molecule has 3 heterocycles. The number of aromatic amines is 1. The number of hydrogen-bond acceptors (Lipinski definition) is 5. The quantitative estimate of drug-likeness (QED) is 0.726. The minimum Gasteiger partial charge on any atom is -0.340 e. The maximum atomic E-state index is 4.38. The summed E-state index contributed by atoms with van der Waals surface area (Å²) in [6.45, 7) is 2.07. The van der Waals surface area contributed by atoms with E-state index in [0.717, 1.165) is 23.3 Å². The van der Waals surface area contributed by atoms with E-state index in [-0.39, 0.29) is 0 Å². The number of aryl methyl sites for hydroxylation is 2. The Hall–Kier alpha value is -2.44. The molecule has 0 aliphatic rings. The van der Waals surface area contributed by atoms with Crippen molar-refractivity contribution in [2.75, 3.05) is 5.32 Å². The van der Waals surface area contributed by atoms with Crippen molar-refractivity contribution in [1.82, 2.24) is 29.7 Å². The van der Waals surface area contributed by atoms with E-state index in [2.05, 4.69) is 37.3 Å². The van der Waals surface area contributed by atoms with Gasteiger partial charge in [0.05, 0.1) is 17.7 Å². The molecule has 0 spiro atoms. The SMILES string of the molecule is CCc1nn(C)cc1Nc1ncnc2nc[nH]c12. The molecule has 0 atom stereocenters. The zero-order chi connectivity index (χ0) is 12.5. The highest BCUT2D eigenvalue weighted by Gasteiger charge is 2.10. The molecule has 0 bridgehead atoms. The molecule has 0 amide bonds. The highest BCUT2D eigenvalue weighted by atomic mass is 15.3. The van der Waals surface area contributed by atoms with Gasteiger partial charge in [-0.05, 0) is 6.42 Å². The van der Waals surface area contributed by atoms with Gasteiger partial charge in [-0.3, -0.25) is 4.68 Å². The van der Waals surface area contributed by atoms with Gasteiger partial charge in [-0.2, -0.15) is 5.10 Å². The average Bonchev–Trinajstić information content (AvgIpc) is 2.96. The maximum Gasteiger partial charge on any atom is 0.182 e. The summed E-state index contributed by atoms with van der Waals surface area (Å²) in [5.74, 6) is 0.709. The lowest BCUT2D eigenvalue weighted by molar-refractivity contribution is 0.746. The molecular weight excluding hydrogens is 230 g/mol. The fourth-order valence-corrected chi connectivity index (χ4v) is 1.89. The van der Waals surface area contributed by atoms with Crippen molar-refractivity contribution in [2.24, 2.45) is 7.05 Å². The van der Waals surface area contributed by atoms with Gasteiger partial charge in [0.25, 0.3) is 0 Å². The van der Waals surface area contributed by atoms with Gasteiger partial charge in [0.2, 0.25) is 0 Å². The molecule has 0 fully saturated rings. The molecule has 3 rings (SSSR count). The first-order valence-electron chi connectivity index (χ1n) is 5.71. The number of rotatable bonds is 3. The molecule has 2 N–H and O–H groups in total. The van der Waals surface area contributed by atoms with E-state index in [4.69, 9.17) is 0 Å². The van der Waals surface area contributed by atoms with Crippen molar-refractivity contribution in [1.29, 1.82) is 0 Å². The van der Waals surface area contributed by atoms with Crippen molar-refractivity contribution < 1.29 is 0 Å². The third kappa shape index (κ3) is 1.69. The van der Waals surface area contributed by atoms with E-state index in [1.807, 2.05) is 13.2 Å². The Bertz CT molecular complexity index is 682. The fourth-order valence-electron chi connectivity index (χ4n) is 1.89. The van der Waals surface area contributed by atoms with Crippen molar-refractivity contribution in [3.05, 3.63) is 24.5 Å². The second kappa shape index (κ2) is 4.10. The van der Waals surface area contributed by atoms with Crippen molar-refractivity contribution in [2.45, 2.75) is 13.3 Å². The van der Waals surface area contributed by atoms with Crippen LogP contribution in [-0.2, 0) is 13.5 Å². The third-order valence-corrected chi connectivity index (χ3v) is 2.72. The van der Waals surface area contributed by atoms with E-state index >= 15 is 0 Å². The first kappa shape index (κ1) is 10.7. The summed E-state index contributed by atoms with van der Waals surface area (Å²) < 4.78 is 1.78. The van der Waals surface area contributed by atoms with Crippen LogP contribution >= 0.6 is 0 Å². The predicted molar refractivity (Wildman–Crippen MR) is 67.6 cm³/mol. The molecule has 0 aliphatic heterocycles. The fraction of sp³-hybridized carbons (Fsp3) is 0.273. The largest absolute Gasteiger partial charge is 0.340 e. The predicted octanol–water partition coefficient (Wildman–Crippen LogP) is 1.39. The van der Waals surface area contributed by atoms with E-state index in [1.54, 1.807) is 11.0 Å². The van der Waals surface area contributed by atoms with E-state index < -0.39 is 0 Å². The van der Waals surface area contributed by atoms with Crippen LogP contribution in [-0.4, -0.2) is 29.7 Å². The van der Waals surface area contributed by atoms with Crippen molar-refractivity contribution >= 4 is 22.7 Å². The number of hydrogen-bond donors (Lipinski definition) is 2. The molecule has 18 heavy (non-hydrogen) atoms. The highest BCUT2D eigenvalue weighted by Crippen LogP contribution is 2.22. The van der Waals surface area contributed by atoms with Crippen LogP contribution in [0.1, 0.15) is 12.6 Å². The molecule has 3 aromatic heterocycles. The normalized spacial score (nSPS) is 11.0. The molecule has 0 aliphatic carbocycles. The molecule has 3 aromatic rings. The Kier molecular flexibility index (Phi) is 2.44. The molecule has 7 nitrogen and oxygen atoms in total. The third-order valence-electron chi connectivity index (χ3n) is 2.72. The molecular formula is C11H13N7. The van der Waals surface area contributed by atoms with Crippen LogP contribution in [0, 0.1) is 0 Å². The average molecular weight is 243 g/mol. The second-order valence-electron chi connectivity index (χ2n) is 3.97. The summed E-state index contributed by atoms with van der Waals surface area (Å²) in [4.78, 5) is 15.4. The summed E-state index contributed by atoms with van der Waals surface area (Å²) in [5.41, 5.74) is 3.40. The number of fused-ring (bicyclic) bond motifs is 1. The van der Waals surface area contributed by atoms with Crippen LogP contribution in [0.4, 0.5) is 11.5 Å². The number of nitrogens with one attached hydrogen (secondary N) is 2. The van der Waals surface area contributed by atoms with Gasteiger partial charge in [-0.15, -0.1) is 0 Å². The van der Waals surface area contributed by atoms with Gasteiger partial charge in [-0.25, -0.2) is 15.0 Å². The van der Waals surface area contributed by atoms with Crippen molar-refractivity contribution in [3.8, 4) is 0 Å². The minimum atomic E-state index is 0.648.